The first-order valence-corrected chi connectivity index (χ1v) is 10.7. The van der Waals surface area contributed by atoms with E-state index in [9.17, 15) is 4.79 Å². The molecule has 1 aromatic carbocycles. The number of carbonyl (C=O) groups is 1. The van der Waals surface area contributed by atoms with Gasteiger partial charge in [0, 0.05) is 24.9 Å². The van der Waals surface area contributed by atoms with Crippen molar-refractivity contribution in [2.45, 2.75) is 45.2 Å². The summed E-state index contributed by atoms with van der Waals surface area (Å²) in [5.74, 6) is 0.319. The molecule has 1 atom stereocenters. The summed E-state index contributed by atoms with van der Waals surface area (Å²) in [6.45, 7) is 4.52. The van der Waals surface area contributed by atoms with Gasteiger partial charge >= 0.3 is 0 Å². The number of nitrogens with zero attached hydrogens (tertiary/aromatic N) is 5. The van der Waals surface area contributed by atoms with Crippen LogP contribution < -0.4 is 5.32 Å². The van der Waals surface area contributed by atoms with Crippen LogP contribution in [-0.2, 0) is 13.6 Å². The molecule has 0 aliphatic heterocycles. The van der Waals surface area contributed by atoms with Crippen LogP contribution in [0, 0.1) is 6.92 Å². The van der Waals surface area contributed by atoms with Gasteiger partial charge in [0.05, 0.1) is 34.9 Å². The van der Waals surface area contributed by atoms with Crippen molar-refractivity contribution in [3.05, 3.63) is 76.9 Å². The lowest BCUT2D eigenvalue weighted by Gasteiger charge is -2.13. The quantitative estimate of drug-likeness (QED) is 0.519. The molecular weight excluding hydrogens is 388 g/mol. The third kappa shape index (κ3) is 3.83. The van der Waals surface area contributed by atoms with E-state index < -0.39 is 0 Å². The van der Waals surface area contributed by atoms with Crippen molar-refractivity contribution < 1.29 is 4.79 Å². The first kappa shape index (κ1) is 19.5. The molecule has 4 aromatic rings. The van der Waals surface area contributed by atoms with Crippen LogP contribution in [0.5, 0.6) is 0 Å². The molecule has 31 heavy (non-hydrogen) atoms. The highest BCUT2D eigenvalue weighted by atomic mass is 16.1. The molecule has 1 aliphatic carbocycles. The maximum atomic E-state index is 13.4. The second-order valence-corrected chi connectivity index (χ2v) is 8.41. The van der Waals surface area contributed by atoms with Crippen molar-refractivity contribution in [3.8, 4) is 0 Å². The van der Waals surface area contributed by atoms with E-state index in [2.05, 4.69) is 22.5 Å². The average Bonchev–Trinajstić information content (AvgIpc) is 3.45. The fourth-order valence-corrected chi connectivity index (χ4v) is 4.02. The summed E-state index contributed by atoms with van der Waals surface area (Å²) in [6, 6.07) is 13.9. The number of amides is 1. The molecule has 3 heterocycles. The zero-order chi connectivity index (χ0) is 21.5. The van der Waals surface area contributed by atoms with E-state index >= 15 is 0 Å². The fourth-order valence-electron chi connectivity index (χ4n) is 4.02. The Morgan fingerprint density at radius 1 is 1.19 bits per heavy atom. The van der Waals surface area contributed by atoms with Crippen molar-refractivity contribution in [1.82, 2.24) is 29.9 Å². The Morgan fingerprint density at radius 3 is 2.65 bits per heavy atom. The highest BCUT2D eigenvalue weighted by Crippen LogP contribution is 2.40. The van der Waals surface area contributed by atoms with Gasteiger partial charge in [-0.25, -0.2) is 9.67 Å². The minimum absolute atomic E-state index is 0.116. The van der Waals surface area contributed by atoms with Crippen molar-refractivity contribution >= 4 is 16.9 Å². The molecule has 0 spiro atoms. The zero-order valence-electron chi connectivity index (χ0n) is 18.0. The molecule has 158 valence electrons. The number of fused-ring (bicyclic) bond motifs is 1. The molecule has 0 bridgehead atoms. The Hall–Kier alpha value is -3.48. The van der Waals surface area contributed by atoms with E-state index in [4.69, 9.17) is 10.1 Å². The molecule has 0 unspecified atom stereocenters. The summed E-state index contributed by atoms with van der Waals surface area (Å²) in [5, 5.41) is 13.1. The predicted molar refractivity (Wildman–Crippen MR) is 119 cm³/mol. The molecule has 5 rings (SSSR count). The van der Waals surface area contributed by atoms with Gasteiger partial charge in [-0.1, -0.05) is 30.3 Å². The minimum Gasteiger partial charge on any atom is -0.344 e. The number of benzene rings is 1. The monoisotopic (exact) mass is 414 g/mol. The highest BCUT2D eigenvalue weighted by Gasteiger charge is 2.29. The molecule has 1 aliphatic rings. The van der Waals surface area contributed by atoms with Crippen LogP contribution >= 0.6 is 0 Å². The molecule has 1 fully saturated rings. The molecule has 0 saturated heterocycles. The van der Waals surface area contributed by atoms with Crippen molar-refractivity contribution in [1.29, 1.82) is 0 Å². The second kappa shape index (κ2) is 7.65. The number of nitrogens with one attached hydrogen (secondary N) is 1. The normalized spacial score (nSPS) is 14.7. The molecule has 1 amide bonds. The number of hydrogen-bond acceptors (Lipinski definition) is 4. The summed E-state index contributed by atoms with van der Waals surface area (Å²) in [4.78, 5) is 18.3. The van der Waals surface area contributed by atoms with Crippen molar-refractivity contribution in [3.63, 3.8) is 0 Å². The van der Waals surface area contributed by atoms with Crippen LogP contribution in [0.2, 0.25) is 0 Å². The molecule has 7 nitrogen and oxygen atoms in total. The van der Waals surface area contributed by atoms with Crippen LogP contribution in [0.25, 0.3) is 11.0 Å². The van der Waals surface area contributed by atoms with Crippen LogP contribution in [0.15, 0.2) is 48.7 Å². The van der Waals surface area contributed by atoms with Gasteiger partial charge in [0.15, 0.2) is 5.65 Å². The Bertz CT molecular complexity index is 1250. The lowest BCUT2D eigenvalue weighted by molar-refractivity contribution is 0.0940. The molecule has 1 N–H and O–H groups in total. The van der Waals surface area contributed by atoms with Crippen LogP contribution in [0.4, 0.5) is 0 Å². The first-order valence-electron chi connectivity index (χ1n) is 10.7. The lowest BCUT2D eigenvalue weighted by atomic mass is 10.1. The molecule has 0 radical (unpaired) electrons. The smallest absolute Gasteiger partial charge is 0.252 e. The van der Waals surface area contributed by atoms with Gasteiger partial charge in [0.2, 0.25) is 0 Å². The van der Waals surface area contributed by atoms with Crippen molar-refractivity contribution in [2.24, 2.45) is 7.05 Å². The topological polar surface area (TPSA) is 77.6 Å². The molecule has 3 aromatic heterocycles. The Balaban J connectivity index is 1.54. The van der Waals surface area contributed by atoms with Gasteiger partial charge in [0.1, 0.15) is 0 Å². The van der Waals surface area contributed by atoms with Crippen LogP contribution in [-0.4, -0.2) is 30.5 Å². The standard InChI is InChI=1S/C24H26N6O/c1-15(20-11-12-29(3)28-20)25-24(31)19-13-21(18-9-10-18)26-23-22(19)16(2)27-30(23)14-17-7-5-4-6-8-17/h4-8,11-13,15,18H,9-10,14H2,1-3H3,(H,25,31)/t15-/m1/s1. The van der Waals surface area contributed by atoms with E-state index in [-0.39, 0.29) is 11.9 Å². The number of hydrogen-bond donors (Lipinski definition) is 1. The second-order valence-electron chi connectivity index (χ2n) is 8.41. The van der Waals surface area contributed by atoms with Crippen LogP contribution in [0.1, 0.15) is 64.7 Å². The van der Waals surface area contributed by atoms with E-state index in [0.717, 1.165) is 46.5 Å². The van der Waals surface area contributed by atoms with Gasteiger partial charge in [0.25, 0.3) is 5.91 Å². The molecule has 1 saturated carbocycles. The number of aromatic nitrogens is 5. The maximum Gasteiger partial charge on any atom is 0.252 e. The largest absolute Gasteiger partial charge is 0.344 e. The van der Waals surface area contributed by atoms with Gasteiger partial charge in [-0.15, -0.1) is 0 Å². The van der Waals surface area contributed by atoms with E-state index in [1.54, 1.807) is 4.68 Å². The Kier molecular flexibility index (Phi) is 4.81. The third-order valence-electron chi connectivity index (χ3n) is 5.84. The van der Waals surface area contributed by atoms with Crippen molar-refractivity contribution in [2.75, 3.05) is 0 Å². The predicted octanol–water partition coefficient (Wildman–Crippen LogP) is 3.89. The van der Waals surface area contributed by atoms with Gasteiger partial charge in [-0.05, 0) is 44.4 Å². The van der Waals surface area contributed by atoms with E-state index in [1.807, 2.05) is 62.1 Å². The number of aryl methyl sites for hydroxylation is 2. The number of rotatable bonds is 6. The summed E-state index contributed by atoms with van der Waals surface area (Å²) >= 11 is 0. The summed E-state index contributed by atoms with van der Waals surface area (Å²) in [6.07, 6.45) is 4.12. The highest BCUT2D eigenvalue weighted by molar-refractivity contribution is 6.06. The summed E-state index contributed by atoms with van der Waals surface area (Å²) in [7, 11) is 1.87. The first-order chi connectivity index (χ1) is 15.0. The minimum atomic E-state index is -0.194. The fraction of sp³-hybridized carbons (Fsp3) is 0.333. The summed E-state index contributed by atoms with van der Waals surface area (Å²) in [5.41, 5.74) is 5.21. The molecular formula is C24H26N6O. The lowest BCUT2D eigenvalue weighted by Crippen LogP contribution is -2.27. The number of pyridine rings is 1. The molecule has 7 heteroatoms. The maximum absolute atomic E-state index is 13.4. The summed E-state index contributed by atoms with van der Waals surface area (Å²) < 4.78 is 3.66. The van der Waals surface area contributed by atoms with Gasteiger partial charge < -0.3 is 5.32 Å². The zero-order valence-corrected chi connectivity index (χ0v) is 18.0. The van der Waals surface area contributed by atoms with E-state index in [1.165, 1.54) is 0 Å². The van der Waals surface area contributed by atoms with Crippen LogP contribution in [0.3, 0.4) is 0 Å². The average molecular weight is 415 g/mol. The Labute approximate surface area is 181 Å². The Morgan fingerprint density at radius 2 is 1.97 bits per heavy atom. The van der Waals surface area contributed by atoms with Gasteiger partial charge in [-0.2, -0.15) is 10.2 Å². The van der Waals surface area contributed by atoms with Gasteiger partial charge in [-0.3, -0.25) is 9.48 Å². The SMILES string of the molecule is Cc1nn(Cc2ccccc2)c2nc(C3CC3)cc(C(=O)N[C@H](C)c3ccn(C)n3)c12. The third-order valence-corrected chi connectivity index (χ3v) is 5.84. The number of carbonyl (C=O) groups excluding carboxylic acids is 1. The van der Waals surface area contributed by atoms with E-state index in [0.29, 0.717) is 18.0 Å².